The van der Waals surface area contributed by atoms with E-state index in [4.69, 9.17) is 16.3 Å². The van der Waals surface area contributed by atoms with Crippen LogP contribution in [0.1, 0.15) is 30.4 Å². The number of methoxy groups -OCH3 is 1. The fourth-order valence-corrected chi connectivity index (χ4v) is 7.48. The standard InChI is InChI=1S/C25H28ClN3O5S/c1-16-3-10-21(34-2)22(13-16)35(32,33)25-15-28(19-8-9-19)24(31)20(29(25)23(30)11-12-27-25)14-17-4-6-18(26)7-5-17/h3-7,10,13,19-20,27H,8-9,11-12,14-15H2,1-2H3. The number of hydrogen-bond acceptors (Lipinski definition) is 6. The maximum absolute atomic E-state index is 14.5. The van der Waals surface area contributed by atoms with E-state index in [-0.39, 0.29) is 54.4 Å². The van der Waals surface area contributed by atoms with Gasteiger partial charge in [-0.3, -0.25) is 19.8 Å². The number of hydrogen-bond donors (Lipinski definition) is 1. The predicted molar refractivity (Wildman–Crippen MR) is 131 cm³/mol. The van der Waals surface area contributed by atoms with Gasteiger partial charge >= 0.3 is 0 Å². The molecule has 3 aliphatic rings. The molecular weight excluding hydrogens is 490 g/mol. The van der Waals surface area contributed by atoms with Gasteiger partial charge in [-0.15, -0.1) is 0 Å². The largest absolute Gasteiger partial charge is 0.495 e. The third-order valence-corrected chi connectivity index (χ3v) is 9.55. The number of nitrogens with one attached hydrogen (secondary N) is 1. The Morgan fingerprint density at radius 2 is 1.86 bits per heavy atom. The van der Waals surface area contributed by atoms with Crippen LogP contribution in [-0.2, 0) is 25.8 Å². The molecule has 5 rings (SSSR count). The summed E-state index contributed by atoms with van der Waals surface area (Å²) in [6.07, 6.45) is 1.93. The van der Waals surface area contributed by atoms with Gasteiger partial charge in [0.05, 0.1) is 13.7 Å². The van der Waals surface area contributed by atoms with Crippen LogP contribution in [-0.4, -0.2) is 67.3 Å². The molecule has 2 aliphatic heterocycles. The third-order valence-electron chi connectivity index (χ3n) is 7.05. The van der Waals surface area contributed by atoms with Crippen molar-refractivity contribution in [1.29, 1.82) is 0 Å². The maximum Gasteiger partial charge on any atom is 0.246 e. The molecule has 0 aromatic heterocycles. The van der Waals surface area contributed by atoms with Crippen molar-refractivity contribution in [2.24, 2.45) is 0 Å². The number of benzene rings is 2. The van der Waals surface area contributed by atoms with E-state index < -0.39 is 20.9 Å². The number of fused-ring (bicyclic) bond motifs is 1. The topological polar surface area (TPSA) is 96.0 Å². The van der Waals surface area contributed by atoms with E-state index in [1.807, 2.05) is 0 Å². The first kappa shape index (κ1) is 24.1. The van der Waals surface area contributed by atoms with E-state index in [0.29, 0.717) is 5.02 Å². The molecule has 3 fully saturated rings. The fraction of sp³-hybridized carbons (Fsp3) is 0.440. The van der Waals surface area contributed by atoms with Crippen molar-refractivity contribution in [1.82, 2.24) is 15.1 Å². The minimum Gasteiger partial charge on any atom is -0.495 e. The summed E-state index contributed by atoms with van der Waals surface area (Å²) in [6, 6.07) is 11.0. The van der Waals surface area contributed by atoms with Gasteiger partial charge in [0.25, 0.3) is 0 Å². The second-order valence-electron chi connectivity index (χ2n) is 9.43. The van der Waals surface area contributed by atoms with Crippen LogP contribution in [0, 0.1) is 6.92 Å². The molecule has 186 valence electrons. The molecule has 8 nitrogen and oxygen atoms in total. The molecular formula is C25H28ClN3O5S. The molecule has 1 saturated carbocycles. The first-order valence-electron chi connectivity index (χ1n) is 11.7. The highest BCUT2D eigenvalue weighted by atomic mass is 35.5. The fourth-order valence-electron chi connectivity index (χ4n) is 5.14. The minimum absolute atomic E-state index is 0.00235. The number of rotatable bonds is 6. The van der Waals surface area contributed by atoms with Gasteiger partial charge in [0, 0.05) is 30.5 Å². The molecule has 2 aromatic rings. The molecule has 35 heavy (non-hydrogen) atoms. The lowest BCUT2D eigenvalue weighted by molar-refractivity contribution is -0.163. The van der Waals surface area contributed by atoms with E-state index in [9.17, 15) is 18.0 Å². The summed E-state index contributed by atoms with van der Waals surface area (Å²) in [5, 5.41) is 3.74. The molecule has 1 N–H and O–H groups in total. The summed E-state index contributed by atoms with van der Waals surface area (Å²) in [5.41, 5.74) is 1.54. The Morgan fingerprint density at radius 3 is 2.51 bits per heavy atom. The molecule has 2 amide bonds. The van der Waals surface area contributed by atoms with Crippen molar-refractivity contribution in [3.8, 4) is 5.75 Å². The number of aryl methyl sites for hydroxylation is 1. The zero-order chi connectivity index (χ0) is 25.0. The van der Waals surface area contributed by atoms with E-state index in [1.54, 1.807) is 54.3 Å². The van der Waals surface area contributed by atoms with E-state index >= 15 is 0 Å². The number of ether oxygens (including phenoxy) is 1. The van der Waals surface area contributed by atoms with Crippen LogP contribution >= 0.6 is 11.6 Å². The van der Waals surface area contributed by atoms with Crippen LogP contribution in [0.2, 0.25) is 5.02 Å². The van der Waals surface area contributed by atoms with E-state index in [1.165, 1.54) is 12.0 Å². The number of amides is 2. The Bertz CT molecular complexity index is 1280. The second-order valence-corrected chi connectivity index (χ2v) is 12.0. The lowest BCUT2D eigenvalue weighted by atomic mass is 9.98. The summed E-state index contributed by atoms with van der Waals surface area (Å²) >= 11 is 6.04. The van der Waals surface area contributed by atoms with Crippen molar-refractivity contribution < 1.29 is 22.7 Å². The lowest BCUT2D eigenvalue weighted by Gasteiger charge is -2.55. The number of sulfone groups is 1. The molecule has 0 bridgehead atoms. The summed E-state index contributed by atoms with van der Waals surface area (Å²) in [7, 11) is -2.80. The van der Waals surface area contributed by atoms with Crippen LogP contribution in [0.5, 0.6) is 5.75 Å². The molecule has 0 spiro atoms. The molecule has 2 unspecified atom stereocenters. The van der Waals surface area contributed by atoms with Crippen LogP contribution in [0.25, 0.3) is 0 Å². The van der Waals surface area contributed by atoms with Crippen LogP contribution in [0.3, 0.4) is 0 Å². The molecule has 0 radical (unpaired) electrons. The summed E-state index contributed by atoms with van der Waals surface area (Å²) in [4.78, 5) is 28.3. The molecule has 2 aromatic carbocycles. The number of halogens is 1. The summed E-state index contributed by atoms with van der Waals surface area (Å²) in [6.45, 7) is 1.87. The number of nitrogens with zero attached hydrogens (tertiary/aromatic N) is 2. The molecule has 10 heteroatoms. The van der Waals surface area contributed by atoms with Gasteiger partial charge < -0.3 is 9.64 Å². The second kappa shape index (κ2) is 8.80. The zero-order valence-corrected chi connectivity index (χ0v) is 21.2. The van der Waals surface area contributed by atoms with Gasteiger partial charge in [-0.05, 0) is 55.2 Å². The van der Waals surface area contributed by atoms with Crippen molar-refractivity contribution in [2.45, 2.75) is 54.6 Å². The highest BCUT2D eigenvalue weighted by Crippen LogP contribution is 2.43. The average Bonchev–Trinajstić information content (AvgIpc) is 3.67. The Morgan fingerprint density at radius 1 is 1.14 bits per heavy atom. The first-order chi connectivity index (χ1) is 16.7. The minimum atomic E-state index is -4.22. The lowest BCUT2D eigenvalue weighted by Crippen LogP contribution is -2.80. The predicted octanol–water partition coefficient (Wildman–Crippen LogP) is 2.52. The molecule has 2 heterocycles. The normalized spacial score (nSPS) is 24.9. The van der Waals surface area contributed by atoms with E-state index in [0.717, 1.165) is 24.0 Å². The highest BCUT2D eigenvalue weighted by Gasteiger charge is 2.63. The Kier molecular flexibility index (Phi) is 6.05. The molecule has 2 saturated heterocycles. The summed E-state index contributed by atoms with van der Waals surface area (Å²) in [5.74, 6) is -0.378. The highest BCUT2D eigenvalue weighted by molar-refractivity contribution is 7.93. The third kappa shape index (κ3) is 3.99. The first-order valence-corrected chi connectivity index (χ1v) is 13.6. The van der Waals surface area contributed by atoms with Crippen LogP contribution < -0.4 is 10.1 Å². The van der Waals surface area contributed by atoms with Crippen molar-refractivity contribution in [3.05, 3.63) is 58.6 Å². The number of carbonyl (C=O) groups excluding carboxylic acids is 2. The van der Waals surface area contributed by atoms with Crippen LogP contribution in [0.4, 0.5) is 0 Å². The van der Waals surface area contributed by atoms with Gasteiger partial charge in [0.2, 0.25) is 26.6 Å². The van der Waals surface area contributed by atoms with Gasteiger partial charge in [-0.25, -0.2) is 8.42 Å². The monoisotopic (exact) mass is 517 g/mol. The number of carbonyl (C=O) groups is 2. The summed E-state index contributed by atoms with van der Waals surface area (Å²) < 4.78 is 34.4. The van der Waals surface area contributed by atoms with Crippen molar-refractivity contribution in [2.75, 3.05) is 20.2 Å². The van der Waals surface area contributed by atoms with Gasteiger partial charge in [0.15, 0.2) is 0 Å². The van der Waals surface area contributed by atoms with Gasteiger partial charge in [-0.1, -0.05) is 29.8 Å². The quantitative estimate of drug-likeness (QED) is 0.632. The Hall–Kier alpha value is -2.62. The zero-order valence-electron chi connectivity index (χ0n) is 19.7. The van der Waals surface area contributed by atoms with Crippen molar-refractivity contribution in [3.63, 3.8) is 0 Å². The van der Waals surface area contributed by atoms with Gasteiger partial charge in [-0.2, -0.15) is 0 Å². The van der Waals surface area contributed by atoms with Crippen LogP contribution in [0.15, 0.2) is 47.4 Å². The molecule has 1 aliphatic carbocycles. The van der Waals surface area contributed by atoms with E-state index in [2.05, 4.69) is 5.32 Å². The average molecular weight is 518 g/mol. The Labute approximate surface area is 210 Å². The van der Waals surface area contributed by atoms with Crippen molar-refractivity contribution >= 4 is 33.3 Å². The Balaban J connectivity index is 1.67. The smallest absolute Gasteiger partial charge is 0.246 e. The van der Waals surface area contributed by atoms with Gasteiger partial charge in [0.1, 0.15) is 16.7 Å². The SMILES string of the molecule is COc1ccc(C)cc1S(=O)(=O)C12CN(C3CC3)C(=O)C(Cc3ccc(Cl)cc3)N1C(=O)CCN2. The molecule has 2 atom stereocenters. The maximum atomic E-state index is 14.5. The number of piperazine rings is 1.